The van der Waals surface area contributed by atoms with Gasteiger partial charge in [0, 0.05) is 25.9 Å². The Morgan fingerprint density at radius 3 is 2.67 bits per heavy atom. The van der Waals surface area contributed by atoms with E-state index in [-0.39, 0.29) is 6.61 Å². The van der Waals surface area contributed by atoms with Crippen molar-refractivity contribution in [2.24, 2.45) is 0 Å². The largest absolute Gasteiger partial charge is 0.395 e. The minimum atomic E-state index is 0.0643. The number of rotatable bonds is 6. The molecule has 0 unspecified atom stereocenters. The fourth-order valence-corrected chi connectivity index (χ4v) is 1.80. The summed E-state index contributed by atoms with van der Waals surface area (Å²) in [6.07, 6.45) is 1.73. The normalized spacial score (nSPS) is 10.7. The van der Waals surface area contributed by atoms with Crippen LogP contribution >= 0.6 is 0 Å². The average molecular weight is 287 g/mol. The van der Waals surface area contributed by atoms with Crippen LogP contribution in [-0.4, -0.2) is 40.3 Å². The van der Waals surface area contributed by atoms with Gasteiger partial charge in [-0.3, -0.25) is 0 Å². The first-order chi connectivity index (χ1) is 10.1. The fraction of sp³-hybridized carbons (Fsp3) is 0.400. The monoisotopic (exact) mass is 287 g/mol. The number of aliphatic hydroxyl groups is 1. The molecule has 0 fully saturated rings. The highest BCUT2D eigenvalue weighted by Gasteiger charge is 2.11. The summed E-state index contributed by atoms with van der Waals surface area (Å²) in [5.74, 6) is 2.32. The lowest BCUT2D eigenvalue weighted by Gasteiger charge is -2.18. The van der Waals surface area contributed by atoms with Crippen LogP contribution in [0.3, 0.4) is 0 Å². The number of hydrogen-bond acceptors (Lipinski definition) is 6. The Morgan fingerprint density at radius 1 is 1.24 bits per heavy atom. The maximum atomic E-state index is 9.06. The van der Waals surface area contributed by atoms with E-state index in [1.807, 2.05) is 36.2 Å². The SMILES string of the molecule is CC(C)c1cc(Nc2ccccn2)nc(N(C)CCO)n1. The molecule has 0 aromatic carbocycles. The van der Waals surface area contributed by atoms with Crippen molar-refractivity contribution in [1.29, 1.82) is 0 Å². The van der Waals surface area contributed by atoms with Crippen LogP contribution in [-0.2, 0) is 0 Å². The average Bonchev–Trinajstić information content (AvgIpc) is 2.48. The van der Waals surface area contributed by atoms with Gasteiger partial charge in [0.05, 0.1) is 12.3 Å². The molecule has 2 aromatic heterocycles. The second kappa shape index (κ2) is 6.99. The van der Waals surface area contributed by atoms with Gasteiger partial charge in [0.1, 0.15) is 11.6 Å². The third-order valence-corrected chi connectivity index (χ3v) is 3.02. The first-order valence-electron chi connectivity index (χ1n) is 6.99. The zero-order valence-electron chi connectivity index (χ0n) is 12.6. The van der Waals surface area contributed by atoms with E-state index in [2.05, 4.69) is 34.1 Å². The summed E-state index contributed by atoms with van der Waals surface area (Å²) >= 11 is 0. The summed E-state index contributed by atoms with van der Waals surface area (Å²) in [5.41, 5.74) is 0.947. The molecule has 2 heterocycles. The Labute approximate surface area is 124 Å². The van der Waals surface area contributed by atoms with E-state index in [0.717, 1.165) is 11.5 Å². The molecule has 0 atom stereocenters. The van der Waals surface area contributed by atoms with Crippen LogP contribution in [0, 0.1) is 0 Å². The number of nitrogens with zero attached hydrogens (tertiary/aromatic N) is 4. The molecule has 0 aliphatic rings. The van der Waals surface area contributed by atoms with Gasteiger partial charge in [0.2, 0.25) is 5.95 Å². The molecule has 6 nitrogen and oxygen atoms in total. The molecule has 2 N–H and O–H groups in total. The highest BCUT2D eigenvalue weighted by molar-refractivity contribution is 5.54. The number of likely N-dealkylation sites (N-methyl/N-ethyl adjacent to an activating group) is 1. The lowest BCUT2D eigenvalue weighted by molar-refractivity contribution is 0.303. The van der Waals surface area contributed by atoms with E-state index in [1.165, 1.54) is 0 Å². The van der Waals surface area contributed by atoms with E-state index in [4.69, 9.17) is 5.11 Å². The third kappa shape index (κ3) is 4.13. The molecule has 0 aliphatic heterocycles. The Balaban J connectivity index is 2.31. The van der Waals surface area contributed by atoms with Gasteiger partial charge in [0.15, 0.2) is 0 Å². The van der Waals surface area contributed by atoms with Gasteiger partial charge in [-0.2, -0.15) is 4.98 Å². The summed E-state index contributed by atoms with van der Waals surface area (Å²) < 4.78 is 0. The molecule has 21 heavy (non-hydrogen) atoms. The second-order valence-corrected chi connectivity index (χ2v) is 5.12. The van der Waals surface area contributed by atoms with Crippen molar-refractivity contribution in [2.75, 3.05) is 30.4 Å². The van der Waals surface area contributed by atoms with E-state index in [1.54, 1.807) is 6.20 Å². The molecular weight excluding hydrogens is 266 g/mol. The summed E-state index contributed by atoms with van der Waals surface area (Å²) in [7, 11) is 1.86. The topological polar surface area (TPSA) is 74.2 Å². The van der Waals surface area contributed by atoms with Crippen molar-refractivity contribution in [3.63, 3.8) is 0 Å². The molecule has 112 valence electrons. The van der Waals surface area contributed by atoms with E-state index in [9.17, 15) is 0 Å². The molecule has 0 amide bonds. The third-order valence-electron chi connectivity index (χ3n) is 3.02. The van der Waals surface area contributed by atoms with Crippen molar-refractivity contribution in [1.82, 2.24) is 15.0 Å². The smallest absolute Gasteiger partial charge is 0.227 e. The summed E-state index contributed by atoms with van der Waals surface area (Å²) in [4.78, 5) is 15.1. The van der Waals surface area contributed by atoms with Crippen LogP contribution in [0.2, 0.25) is 0 Å². The Kier molecular flexibility index (Phi) is 5.05. The van der Waals surface area contributed by atoms with Crippen LogP contribution in [0.5, 0.6) is 0 Å². The quantitative estimate of drug-likeness (QED) is 0.848. The molecule has 0 bridgehead atoms. The molecule has 0 spiro atoms. The zero-order chi connectivity index (χ0) is 15.2. The fourth-order valence-electron chi connectivity index (χ4n) is 1.80. The predicted octanol–water partition coefficient (Wildman–Crippen LogP) is 2.17. The van der Waals surface area contributed by atoms with E-state index < -0.39 is 0 Å². The molecule has 2 rings (SSSR count). The van der Waals surface area contributed by atoms with Crippen molar-refractivity contribution in [2.45, 2.75) is 19.8 Å². The van der Waals surface area contributed by atoms with Crippen molar-refractivity contribution >= 4 is 17.6 Å². The molecule has 0 saturated heterocycles. The van der Waals surface area contributed by atoms with Crippen LogP contribution in [0.25, 0.3) is 0 Å². The number of pyridine rings is 1. The maximum absolute atomic E-state index is 9.06. The highest BCUT2D eigenvalue weighted by atomic mass is 16.3. The number of hydrogen-bond donors (Lipinski definition) is 2. The molecule has 6 heteroatoms. The van der Waals surface area contributed by atoms with Crippen molar-refractivity contribution in [3.8, 4) is 0 Å². The zero-order valence-corrected chi connectivity index (χ0v) is 12.6. The summed E-state index contributed by atoms with van der Waals surface area (Å²) in [6, 6.07) is 7.59. The number of aromatic nitrogens is 3. The van der Waals surface area contributed by atoms with Crippen LogP contribution in [0.1, 0.15) is 25.5 Å². The second-order valence-electron chi connectivity index (χ2n) is 5.12. The Hall–Kier alpha value is -2.21. The van der Waals surface area contributed by atoms with Crippen molar-refractivity contribution < 1.29 is 5.11 Å². The number of nitrogens with one attached hydrogen (secondary N) is 1. The molecular formula is C15H21N5O. The summed E-state index contributed by atoms with van der Waals surface area (Å²) in [6.45, 7) is 4.73. The lowest BCUT2D eigenvalue weighted by atomic mass is 10.1. The standard InChI is InChI=1S/C15H21N5O/c1-11(2)12-10-14(18-13-6-4-5-7-16-13)19-15(17-12)20(3)8-9-21/h4-7,10-11,21H,8-9H2,1-3H3,(H,16,17,18,19). The minimum absolute atomic E-state index is 0.0643. The number of aliphatic hydroxyl groups excluding tert-OH is 1. The van der Waals surface area contributed by atoms with E-state index >= 15 is 0 Å². The van der Waals surface area contributed by atoms with Gasteiger partial charge < -0.3 is 15.3 Å². The molecule has 2 aromatic rings. The van der Waals surface area contributed by atoms with Gasteiger partial charge in [-0.05, 0) is 18.1 Å². The first-order valence-corrected chi connectivity index (χ1v) is 6.99. The van der Waals surface area contributed by atoms with Gasteiger partial charge in [-0.25, -0.2) is 9.97 Å². The van der Waals surface area contributed by atoms with Gasteiger partial charge in [-0.15, -0.1) is 0 Å². The Morgan fingerprint density at radius 2 is 2.05 bits per heavy atom. The molecule has 0 aliphatic carbocycles. The van der Waals surface area contributed by atoms with Crippen molar-refractivity contribution in [3.05, 3.63) is 36.2 Å². The molecule has 0 radical (unpaired) electrons. The molecule has 0 saturated carbocycles. The number of anilines is 3. The van der Waals surface area contributed by atoms with Gasteiger partial charge in [0.25, 0.3) is 0 Å². The van der Waals surface area contributed by atoms with Gasteiger partial charge in [-0.1, -0.05) is 19.9 Å². The maximum Gasteiger partial charge on any atom is 0.227 e. The van der Waals surface area contributed by atoms with E-state index in [0.29, 0.717) is 24.2 Å². The first kappa shape index (κ1) is 15.2. The predicted molar refractivity (Wildman–Crippen MR) is 84.0 cm³/mol. The Bertz CT molecular complexity index is 574. The summed E-state index contributed by atoms with van der Waals surface area (Å²) in [5, 5.41) is 12.2. The van der Waals surface area contributed by atoms with Gasteiger partial charge >= 0.3 is 0 Å². The highest BCUT2D eigenvalue weighted by Crippen LogP contribution is 2.21. The van der Waals surface area contributed by atoms with Crippen LogP contribution < -0.4 is 10.2 Å². The van der Waals surface area contributed by atoms with Crippen LogP contribution in [0.15, 0.2) is 30.5 Å². The lowest BCUT2D eigenvalue weighted by Crippen LogP contribution is -2.24. The minimum Gasteiger partial charge on any atom is -0.395 e. The van der Waals surface area contributed by atoms with Crippen LogP contribution in [0.4, 0.5) is 17.6 Å².